The fourth-order valence-electron chi connectivity index (χ4n) is 2.24. The quantitative estimate of drug-likeness (QED) is 0.728. The van der Waals surface area contributed by atoms with E-state index in [4.69, 9.17) is 23.2 Å². The van der Waals surface area contributed by atoms with Crippen LogP contribution in [0.15, 0.2) is 47.8 Å². The summed E-state index contributed by atoms with van der Waals surface area (Å²) in [6, 6.07) is 7.21. The number of anilines is 1. The monoisotopic (exact) mass is 361 g/mol. The number of nitrogens with one attached hydrogen (secondary N) is 2. The molecule has 0 radical (unpaired) electrons. The minimum atomic E-state index is -0.448. The number of halogens is 2. The van der Waals surface area contributed by atoms with Crippen LogP contribution >= 0.6 is 23.2 Å². The molecule has 0 unspecified atom stereocenters. The van der Waals surface area contributed by atoms with E-state index < -0.39 is 5.69 Å². The van der Waals surface area contributed by atoms with Crippen LogP contribution in [0, 0.1) is 0 Å². The minimum Gasteiger partial charge on any atom is -0.383 e. The maximum Gasteiger partial charge on any atom is 0.348 e. The summed E-state index contributed by atoms with van der Waals surface area (Å²) in [5, 5.41) is 4.53. The number of nitrogens with zero attached hydrogens (tertiary/aromatic N) is 3. The van der Waals surface area contributed by atoms with Gasteiger partial charge in [-0.25, -0.2) is 9.78 Å². The lowest BCUT2D eigenvalue weighted by Crippen LogP contribution is -2.13. The molecule has 2 N–H and O–H groups in total. The summed E-state index contributed by atoms with van der Waals surface area (Å²) < 4.78 is 0. The molecule has 0 spiro atoms. The molecule has 0 fully saturated rings. The van der Waals surface area contributed by atoms with Crippen LogP contribution in [0.2, 0.25) is 10.0 Å². The number of H-pyrrole nitrogens is 1. The average Bonchev–Trinajstić information content (AvgIpc) is 2.57. The highest BCUT2D eigenvalue weighted by Gasteiger charge is 2.08. The highest BCUT2D eigenvalue weighted by Crippen LogP contribution is 2.24. The molecule has 122 valence electrons. The standard InChI is InChI=1S/C16H13Cl2N5O/c17-11-2-1-10(13(18)7-11)3-6-20-14-8-19-5-4-12(14)15-21-9-22-16(24)23-15/h1-2,4-5,7-9,20H,3,6H2,(H,21,22,23,24). The van der Waals surface area contributed by atoms with Gasteiger partial charge in [-0.2, -0.15) is 4.98 Å². The molecule has 0 aliphatic heterocycles. The van der Waals surface area contributed by atoms with E-state index in [9.17, 15) is 4.79 Å². The van der Waals surface area contributed by atoms with E-state index in [0.717, 1.165) is 16.8 Å². The summed E-state index contributed by atoms with van der Waals surface area (Å²) in [6.45, 7) is 0.634. The first-order chi connectivity index (χ1) is 11.6. The number of benzene rings is 1. The molecule has 24 heavy (non-hydrogen) atoms. The SMILES string of the molecule is O=c1ncnc(-c2ccncc2NCCc2ccc(Cl)cc2Cl)[nH]1. The number of rotatable bonds is 5. The van der Waals surface area contributed by atoms with Gasteiger partial charge in [0.15, 0.2) is 0 Å². The second-order valence-corrected chi connectivity index (χ2v) is 5.83. The molecule has 3 aromatic rings. The summed E-state index contributed by atoms with van der Waals surface area (Å²) in [4.78, 5) is 25.7. The van der Waals surface area contributed by atoms with Crippen molar-refractivity contribution in [1.29, 1.82) is 0 Å². The minimum absolute atomic E-state index is 0.435. The number of pyridine rings is 1. The predicted octanol–water partition coefficient (Wildman–Crippen LogP) is 3.19. The molecule has 6 nitrogen and oxygen atoms in total. The zero-order chi connectivity index (χ0) is 16.9. The highest BCUT2D eigenvalue weighted by atomic mass is 35.5. The number of hydrogen-bond donors (Lipinski definition) is 2. The molecule has 0 atom stereocenters. The lowest BCUT2D eigenvalue weighted by atomic mass is 10.1. The van der Waals surface area contributed by atoms with Crippen molar-refractivity contribution in [3.63, 3.8) is 0 Å². The molecule has 2 heterocycles. The zero-order valence-electron chi connectivity index (χ0n) is 12.5. The first-order valence-electron chi connectivity index (χ1n) is 7.17. The lowest BCUT2D eigenvalue weighted by molar-refractivity contribution is 0.987. The van der Waals surface area contributed by atoms with Crippen LogP contribution in [0.3, 0.4) is 0 Å². The van der Waals surface area contributed by atoms with Gasteiger partial charge >= 0.3 is 5.69 Å². The summed E-state index contributed by atoms with van der Waals surface area (Å²) in [7, 11) is 0. The summed E-state index contributed by atoms with van der Waals surface area (Å²) in [6.07, 6.45) is 5.26. The Morgan fingerprint density at radius 1 is 1.17 bits per heavy atom. The summed E-state index contributed by atoms with van der Waals surface area (Å²) in [5.41, 5.74) is 2.05. The van der Waals surface area contributed by atoms with Crippen molar-refractivity contribution in [2.45, 2.75) is 6.42 Å². The smallest absolute Gasteiger partial charge is 0.348 e. The van der Waals surface area contributed by atoms with Gasteiger partial charge in [0, 0.05) is 28.4 Å². The van der Waals surface area contributed by atoms with Crippen molar-refractivity contribution in [2.75, 3.05) is 11.9 Å². The average molecular weight is 362 g/mol. The van der Waals surface area contributed by atoms with Crippen molar-refractivity contribution in [1.82, 2.24) is 19.9 Å². The van der Waals surface area contributed by atoms with Gasteiger partial charge in [0.25, 0.3) is 0 Å². The first-order valence-corrected chi connectivity index (χ1v) is 7.92. The Morgan fingerprint density at radius 2 is 2.04 bits per heavy atom. The van der Waals surface area contributed by atoms with Gasteiger partial charge in [0.1, 0.15) is 12.2 Å². The van der Waals surface area contributed by atoms with Gasteiger partial charge in [-0.15, -0.1) is 0 Å². The van der Waals surface area contributed by atoms with Crippen LogP contribution in [0.4, 0.5) is 5.69 Å². The second-order valence-electron chi connectivity index (χ2n) is 4.99. The predicted molar refractivity (Wildman–Crippen MR) is 94.5 cm³/mol. The normalized spacial score (nSPS) is 10.6. The summed E-state index contributed by atoms with van der Waals surface area (Å²) in [5.74, 6) is 0.435. The van der Waals surface area contributed by atoms with Crippen LogP contribution in [-0.2, 0) is 6.42 Å². The fraction of sp³-hybridized carbons (Fsp3) is 0.125. The van der Waals surface area contributed by atoms with Gasteiger partial charge in [-0.3, -0.25) is 9.97 Å². The molecule has 0 saturated carbocycles. The van der Waals surface area contributed by atoms with Gasteiger partial charge in [-0.1, -0.05) is 29.3 Å². The van der Waals surface area contributed by atoms with Crippen LogP contribution in [0.1, 0.15) is 5.56 Å². The van der Waals surface area contributed by atoms with Crippen LogP contribution in [0.25, 0.3) is 11.4 Å². The van der Waals surface area contributed by atoms with E-state index >= 15 is 0 Å². The Bertz CT molecular complexity index is 913. The molecule has 0 bridgehead atoms. The second kappa shape index (κ2) is 7.42. The fourth-order valence-corrected chi connectivity index (χ4v) is 2.74. The van der Waals surface area contributed by atoms with E-state index in [1.165, 1.54) is 6.33 Å². The molecule has 0 aliphatic carbocycles. The van der Waals surface area contributed by atoms with Crippen molar-refractivity contribution in [2.24, 2.45) is 0 Å². The van der Waals surface area contributed by atoms with E-state index in [0.29, 0.717) is 28.8 Å². The van der Waals surface area contributed by atoms with Crippen molar-refractivity contribution in [3.8, 4) is 11.4 Å². The maximum atomic E-state index is 11.4. The summed E-state index contributed by atoms with van der Waals surface area (Å²) >= 11 is 12.1. The Morgan fingerprint density at radius 3 is 2.83 bits per heavy atom. The molecular weight excluding hydrogens is 349 g/mol. The van der Waals surface area contributed by atoms with Gasteiger partial charge in [-0.05, 0) is 30.2 Å². The number of aromatic amines is 1. The third-order valence-corrected chi connectivity index (χ3v) is 3.98. The van der Waals surface area contributed by atoms with Crippen LogP contribution in [-0.4, -0.2) is 26.5 Å². The molecule has 0 aliphatic rings. The largest absolute Gasteiger partial charge is 0.383 e. The molecule has 0 amide bonds. The number of aromatic nitrogens is 4. The molecule has 3 rings (SSSR count). The maximum absolute atomic E-state index is 11.4. The van der Waals surface area contributed by atoms with Crippen molar-refractivity contribution >= 4 is 28.9 Å². The lowest BCUT2D eigenvalue weighted by Gasteiger charge is -2.11. The van der Waals surface area contributed by atoms with Crippen molar-refractivity contribution < 1.29 is 0 Å². The highest BCUT2D eigenvalue weighted by molar-refractivity contribution is 6.35. The molecular formula is C16H13Cl2N5O. The third kappa shape index (κ3) is 3.90. The number of hydrogen-bond acceptors (Lipinski definition) is 5. The van der Waals surface area contributed by atoms with E-state index in [-0.39, 0.29) is 0 Å². The Hall–Kier alpha value is -2.44. The van der Waals surface area contributed by atoms with E-state index in [2.05, 4.69) is 25.3 Å². The molecule has 8 heteroatoms. The Balaban J connectivity index is 1.75. The van der Waals surface area contributed by atoms with Gasteiger partial charge < -0.3 is 5.32 Å². The Kier molecular flexibility index (Phi) is 5.08. The van der Waals surface area contributed by atoms with E-state index in [1.54, 1.807) is 24.5 Å². The van der Waals surface area contributed by atoms with Gasteiger partial charge in [0.2, 0.25) is 0 Å². The first kappa shape index (κ1) is 16.4. The van der Waals surface area contributed by atoms with E-state index in [1.807, 2.05) is 12.1 Å². The molecule has 2 aromatic heterocycles. The van der Waals surface area contributed by atoms with Crippen molar-refractivity contribution in [3.05, 3.63) is 69.1 Å². The molecule has 1 aromatic carbocycles. The van der Waals surface area contributed by atoms with Crippen LogP contribution in [0.5, 0.6) is 0 Å². The third-order valence-electron chi connectivity index (χ3n) is 3.39. The van der Waals surface area contributed by atoms with Gasteiger partial charge in [0.05, 0.1) is 11.9 Å². The topological polar surface area (TPSA) is 83.6 Å². The zero-order valence-corrected chi connectivity index (χ0v) is 14.0. The molecule has 0 saturated heterocycles. The van der Waals surface area contributed by atoms with Crippen LogP contribution < -0.4 is 11.0 Å². The Labute approximate surface area is 147 Å².